The zero-order valence-electron chi connectivity index (χ0n) is 29.1. The SMILES string of the molecule is C/C=C1\CN(C)[C@H]2Cc3c([nH]c4ccccc34)[C@@H](c3ccc4[nH]c5c(c4c3OC)CCN3C[C@H]4CC[C@H]5[C@H]3[C@@H]4CC)C[C@H]1[C@@H]2C(=O)OC. The van der Waals surface area contributed by atoms with E-state index >= 15 is 0 Å². The third kappa shape index (κ3) is 4.29. The van der Waals surface area contributed by atoms with Crippen LogP contribution in [0.4, 0.5) is 0 Å². The third-order valence-corrected chi connectivity index (χ3v) is 13.6. The maximum Gasteiger partial charge on any atom is 0.310 e. The lowest BCUT2D eigenvalue weighted by Crippen LogP contribution is -2.53. The second-order valence-corrected chi connectivity index (χ2v) is 15.4. The summed E-state index contributed by atoms with van der Waals surface area (Å²) in [5.41, 5.74) is 10.4. The zero-order chi connectivity index (χ0) is 32.8. The van der Waals surface area contributed by atoms with Crippen LogP contribution in [0.3, 0.4) is 0 Å². The molecule has 8 atom stereocenters. The number of aromatic amines is 2. The minimum atomic E-state index is -0.238. The largest absolute Gasteiger partial charge is 0.496 e. The van der Waals surface area contributed by atoms with Gasteiger partial charge in [-0.05, 0) is 87.1 Å². The molecule has 0 spiro atoms. The standard InChI is InChI=1S/C41H50N4O3/c1-6-22-20-44(3)34-19-31-25-10-8-9-11-32(25)42-38(31)30(18-29(22)36(34)41(46)48-5)26-14-15-33-35(40(26)47-4)27-16-17-45-21-23-12-13-28(37(27)43-33)39(45)24(23)7-2/h6,8-11,14-15,23-24,28-30,34,36,39,42-43H,7,12-13,16-21H2,1-5H3/b22-6+/t23-,24-,28-,29-,30-,34+,36+,39-/m1/s1. The Labute approximate surface area is 284 Å². The summed E-state index contributed by atoms with van der Waals surface area (Å²) in [6.45, 7) is 7.79. The topological polar surface area (TPSA) is 73.6 Å². The van der Waals surface area contributed by atoms with Gasteiger partial charge in [0.1, 0.15) is 5.75 Å². The number of aromatic nitrogens is 2. The molecule has 5 heterocycles. The van der Waals surface area contributed by atoms with E-state index in [1.165, 1.54) is 75.7 Å². The molecule has 0 amide bonds. The lowest BCUT2D eigenvalue weighted by molar-refractivity contribution is -0.151. The van der Waals surface area contributed by atoms with Crippen molar-refractivity contribution in [1.29, 1.82) is 0 Å². The molecule has 2 N–H and O–H groups in total. The smallest absolute Gasteiger partial charge is 0.310 e. The van der Waals surface area contributed by atoms with E-state index in [1.807, 2.05) is 7.11 Å². The average molecular weight is 647 g/mol. The number of methoxy groups -OCH3 is 2. The second kappa shape index (κ2) is 11.5. The Bertz CT molecular complexity index is 1940. The monoisotopic (exact) mass is 646 g/mol. The van der Waals surface area contributed by atoms with Gasteiger partial charge < -0.3 is 19.4 Å². The molecule has 1 saturated carbocycles. The number of piperidine rings is 1. The summed E-state index contributed by atoms with van der Waals surface area (Å²) in [6.07, 6.45) is 8.80. The number of benzene rings is 2. The molecule has 4 aromatic rings. The van der Waals surface area contributed by atoms with E-state index in [0.717, 1.165) is 55.5 Å². The summed E-state index contributed by atoms with van der Waals surface area (Å²) in [6, 6.07) is 14.0. The van der Waals surface area contributed by atoms with Crippen LogP contribution in [0.15, 0.2) is 48.0 Å². The summed E-state index contributed by atoms with van der Waals surface area (Å²) < 4.78 is 12.1. The van der Waals surface area contributed by atoms with Gasteiger partial charge in [-0.3, -0.25) is 14.6 Å². The fraction of sp³-hybridized carbons (Fsp3) is 0.537. The van der Waals surface area contributed by atoms with Gasteiger partial charge in [0.05, 0.1) is 20.1 Å². The summed E-state index contributed by atoms with van der Waals surface area (Å²) in [5.74, 6) is 2.99. The van der Waals surface area contributed by atoms with E-state index in [2.05, 4.69) is 83.1 Å². The van der Waals surface area contributed by atoms with Gasteiger partial charge >= 0.3 is 5.97 Å². The lowest BCUT2D eigenvalue weighted by atomic mass is 9.67. The molecular weight excluding hydrogens is 596 g/mol. The van der Waals surface area contributed by atoms with E-state index in [-0.39, 0.29) is 29.8 Å². The molecule has 2 aromatic carbocycles. The van der Waals surface area contributed by atoms with Crippen LogP contribution >= 0.6 is 0 Å². The lowest BCUT2D eigenvalue weighted by Gasteiger charge is -2.47. The van der Waals surface area contributed by atoms with Gasteiger partial charge in [-0.2, -0.15) is 0 Å². The molecule has 0 unspecified atom stereocenters. The van der Waals surface area contributed by atoms with Crippen LogP contribution in [0.1, 0.15) is 79.4 Å². The quantitative estimate of drug-likeness (QED) is 0.182. The highest BCUT2D eigenvalue weighted by Crippen LogP contribution is 2.54. The van der Waals surface area contributed by atoms with Gasteiger partial charge in [0.15, 0.2) is 0 Å². The molecule has 7 nitrogen and oxygen atoms in total. The fourth-order valence-electron chi connectivity index (χ4n) is 11.6. The Morgan fingerprint density at radius 2 is 1.85 bits per heavy atom. The first kappa shape index (κ1) is 30.5. The minimum Gasteiger partial charge on any atom is -0.496 e. The second-order valence-electron chi connectivity index (χ2n) is 15.4. The number of carbonyl (C=O) groups is 1. The average Bonchev–Trinajstić information content (AvgIpc) is 3.70. The predicted octanol–water partition coefficient (Wildman–Crippen LogP) is 7.16. The number of likely N-dealkylation sites (N-methyl/N-ethyl adjacent to an activating group) is 1. The van der Waals surface area contributed by atoms with Crippen LogP contribution in [0.25, 0.3) is 21.8 Å². The molecule has 7 heteroatoms. The van der Waals surface area contributed by atoms with Crippen molar-refractivity contribution < 1.29 is 14.3 Å². The normalized spacial score (nSPS) is 32.5. The van der Waals surface area contributed by atoms with Crippen LogP contribution in [-0.2, 0) is 22.4 Å². The number of esters is 1. The number of para-hydroxylation sites is 1. The van der Waals surface area contributed by atoms with E-state index in [1.54, 1.807) is 7.11 Å². The molecule has 0 radical (unpaired) electrons. The van der Waals surface area contributed by atoms with E-state index < -0.39 is 0 Å². The molecular formula is C41H50N4O3. The number of rotatable bonds is 4. The molecule has 2 aromatic heterocycles. The molecule has 5 aliphatic rings. The summed E-state index contributed by atoms with van der Waals surface area (Å²) in [7, 11) is 5.58. The number of H-pyrrole nitrogens is 2. The van der Waals surface area contributed by atoms with Crippen LogP contribution in [-0.4, -0.2) is 78.7 Å². The first-order valence-electron chi connectivity index (χ1n) is 18.4. The Morgan fingerprint density at radius 3 is 2.65 bits per heavy atom. The van der Waals surface area contributed by atoms with Gasteiger partial charge in [0.2, 0.25) is 0 Å². The van der Waals surface area contributed by atoms with E-state index in [4.69, 9.17) is 9.47 Å². The van der Waals surface area contributed by atoms with Crippen LogP contribution in [0, 0.1) is 23.7 Å². The van der Waals surface area contributed by atoms with Gasteiger partial charge in [-0.25, -0.2) is 0 Å². The maximum absolute atomic E-state index is 13.7. The number of allylic oxidation sites excluding steroid dienone is 1. The summed E-state index contributed by atoms with van der Waals surface area (Å²) in [4.78, 5) is 26.9. The Kier molecular flexibility index (Phi) is 7.32. The minimum absolute atomic E-state index is 0.0302. The van der Waals surface area contributed by atoms with Crippen molar-refractivity contribution in [3.8, 4) is 5.75 Å². The van der Waals surface area contributed by atoms with E-state index in [9.17, 15) is 4.79 Å². The molecule has 4 bridgehead atoms. The molecule has 2 saturated heterocycles. The third-order valence-electron chi connectivity index (χ3n) is 13.6. The van der Waals surface area contributed by atoms with Crippen molar-refractivity contribution in [2.24, 2.45) is 23.7 Å². The van der Waals surface area contributed by atoms with Gasteiger partial charge in [-0.15, -0.1) is 0 Å². The fourth-order valence-corrected chi connectivity index (χ4v) is 11.6. The highest BCUT2D eigenvalue weighted by atomic mass is 16.5. The summed E-state index contributed by atoms with van der Waals surface area (Å²) in [5, 5.41) is 2.53. The first-order chi connectivity index (χ1) is 23.4. The number of ether oxygens (including phenoxy) is 2. The number of hydrogen-bond donors (Lipinski definition) is 2. The van der Waals surface area contributed by atoms with Crippen molar-refractivity contribution in [2.75, 3.05) is 40.9 Å². The zero-order valence-corrected chi connectivity index (χ0v) is 29.1. The molecule has 2 aliphatic carbocycles. The first-order valence-corrected chi connectivity index (χ1v) is 18.4. The number of fused-ring (bicyclic) bond motifs is 10. The number of nitrogens with one attached hydrogen (secondary N) is 2. The predicted molar refractivity (Wildman–Crippen MR) is 191 cm³/mol. The molecule has 3 fully saturated rings. The highest BCUT2D eigenvalue weighted by molar-refractivity contribution is 5.93. The van der Waals surface area contributed by atoms with Gasteiger partial charge in [0.25, 0.3) is 0 Å². The Hall–Kier alpha value is -3.55. The molecule has 252 valence electrons. The maximum atomic E-state index is 13.7. The van der Waals surface area contributed by atoms with E-state index in [0.29, 0.717) is 12.0 Å². The van der Waals surface area contributed by atoms with Crippen molar-refractivity contribution in [3.63, 3.8) is 0 Å². The van der Waals surface area contributed by atoms with Crippen LogP contribution in [0.5, 0.6) is 5.75 Å². The summed E-state index contributed by atoms with van der Waals surface area (Å²) >= 11 is 0. The molecule has 9 rings (SSSR count). The molecule has 48 heavy (non-hydrogen) atoms. The van der Waals surface area contributed by atoms with Gasteiger partial charge in [0, 0.05) is 82.3 Å². The van der Waals surface area contributed by atoms with Crippen molar-refractivity contribution in [2.45, 2.75) is 76.3 Å². The Morgan fingerprint density at radius 1 is 1.02 bits per heavy atom. The van der Waals surface area contributed by atoms with Crippen molar-refractivity contribution in [3.05, 3.63) is 76.1 Å². The van der Waals surface area contributed by atoms with Crippen LogP contribution < -0.4 is 4.74 Å². The molecule has 3 aliphatic heterocycles. The number of nitrogens with zero attached hydrogens (tertiary/aromatic N) is 2. The number of likely N-dealkylation sites (tertiary alicyclic amines) is 1. The Balaban J connectivity index is 1.25. The van der Waals surface area contributed by atoms with Crippen molar-refractivity contribution >= 4 is 27.8 Å². The van der Waals surface area contributed by atoms with Crippen LogP contribution in [0.2, 0.25) is 0 Å². The number of carbonyl (C=O) groups excluding carboxylic acids is 1. The highest BCUT2D eigenvalue weighted by Gasteiger charge is 2.51. The number of hydrogen-bond acceptors (Lipinski definition) is 5. The van der Waals surface area contributed by atoms with Crippen molar-refractivity contribution in [1.82, 2.24) is 19.8 Å². The van der Waals surface area contributed by atoms with Gasteiger partial charge in [-0.1, -0.05) is 49.3 Å².